The summed E-state index contributed by atoms with van der Waals surface area (Å²) in [7, 11) is 3.77. The van der Waals surface area contributed by atoms with E-state index >= 15 is 0 Å². The van der Waals surface area contributed by atoms with Gasteiger partial charge in [-0.25, -0.2) is 0 Å². The first-order valence-electron chi connectivity index (χ1n) is 4.15. The standard InChI is InChI=1S/C8H18N2O2/c1-5-12-8(11)7(2)6-9-10(3)4/h7,9H,5-6H2,1-4H3/t7-/m0/s1. The zero-order chi connectivity index (χ0) is 9.56. The second-order valence-corrected chi connectivity index (χ2v) is 2.91. The molecule has 1 atom stereocenters. The number of ether oxygens (including phenoxy) is 1. The summed E-state index contributed by atoms with van der Waals surface area (Å²) in [5, 5.41) is 1.82. The van der Waals surface area contributed by atoms with Crippen molar-refractivity contribution in [2.75, 3.05) is 27.2 Å². The predicted octanol–water partition coefficient (Wildman–Crippen LogP) is 0.252. The monoisotopic (exact) mass is 174 g/mol. The highest BCUT2D eigenvalue weighted by Crippen LogP contribution is 1.96. The van der Waals surface area contributed by atoms with Gasteiger partial charge in [-0.1, -0.05) is 6.92 Å². The van der Waals surface area contributed by atoms with Crippen LogP contribution in [-0.2, 0) is 9.53 Å². The van der Waals surface area contributed by atoms with E-state index < -0.39 is 0 Å². The van der Waals surface area contributed by atoms with Gasteiger partial charge in [-0.05, 0) is 6.92 Å². The normalized spacial score (nSPS) is 13.1. The van der Waals surface area contributed by atoms with Gasteiger partial charge in [0, 0.05) is 20.6 Å². The summed E-state index contributed by atoms with van der Waals surface area (Å²) in [6, 6.07) is 0. The molecular weight excluding hydrogens is 156 g/mol. The molecule has 0 spiro atoms. The maximum atomic E-state index is 11.1. The molecule has 1 N–H and O–H groups in total. The van der Waals surface area contributed by atoms with E-state index in [0.717, 1.165) is 0 Å². The third-order valence-corrected chi connectivity index (χ3v) is 1.40. The Bertz CT molecular complexity index is 137. The Morgan fingerprint density at radius 1 is 1.58 bits per heavy atom. The lowest BCUT2D eigenvalue weighted by atomic mass is 10.2. The Balaban J connectivity index is 3.56. The van der Waals surface area contributed by atoms with Gasteiger partial charge in [0.25, 0.3) is 0 Å². The minimum Gasteiger partial charge on any atom is -0.466 e. The van der Waals surface area contributed by atoms with Crippen LogP contribution in [0.3, 0.4) is 0 Å². The summed E-state index contributed by atoms with van der Waals surface area (Å²) in [4.78, 5) is 11.1. The maximum Gasteiger partial charge on any atom is 0.309 e. The summed E-state index contributed by atoms with van der Waals surface area (Å²) in [5.41, 5.74) is 3.02. The van der Waals surface area contributed by atoms with Crippen molar-refractivity contribution in [1.82, 2.24) is 10.4 Å². The fraction of sp³-hybridized carbons (Fsp3) is 0.875. The third kappa shape index (κ3) is 5.09. The number of esters is 1. The fourth-order valence-corrected chi connectivity index (χ4v) is 0.687. The highest BCUT2D eigenvalue weighted by Gasteiger charge is 2.12. The molecule has 0 aliphatic rings. The van der Waals surface area contributed by atoms with Crippen LogP contribution in [0.5, 0.6) is 0 Å². The van der Waals surface area contributed by atoms with Crippen LogP contribution in [0.2, 0.25) is 0 Å². The molecule has 0 unspecified atom stereocenters. The topological polar surface area (TPSA) is 41.6 Å². The molecule has 0 fully saturated rings. The van der Waals surface area contributed by atoms with Crippen LogP contribution in [0.4, 0.5) is 0 Å². The minimum atomic E-state index is -0.146. The van der Waals surface area contributed by atoms with Gasteiger partial charge in [0.1, 0.15) is 0 Å². The Kier molecular flexibility index (Phi) is 5.66. The molecule has 72 valence electrons. The number of carbonyl (C=O) groups excluding carboxylic acids is 1. The zero-order valence-electron chi connectivity index (χ0n) is 8.26. The van der Waals surface area contributed by atoms with Gasteiger partial charge < -0.3 is 4.74 Å². The summed E-state index contributed by atoms with van der Waals surface area (Å²) < 4.78 is 4.84. The first-order chi connectivity index (χ1) is 5.57. The quantitative estimate of drug-likeness (QED) is 0.479. The molecule has 0 radical (unpaired) electrons. The molecule has 0 aromatic heterocycles. The van der Waals surface area contributed by atoms with Crippen LogP contribution in [0.1, 0.15) is 13.8 Å². The van der Waals surface area contributed by atoms with Crippen molar-refractivity contribution < 1.29 is 9.53 Å². The summed E-state index contributed by atoms with van der Waals surface area (Å²) in [6.45, 7) is 4.72. The van der Waals surface area contributed by atoms with E-state index in [4.69, 9.17) is 4.74 Å². The van der Waals surface area contributed by atoms with Crippen molar-refractivity contribution in [2.45, 2.75) is 13.8 Å². The summed E-state index contributed by atoms with van der Waals surface area (Å²) in [5.74, 6) is -0.237. The lowest BCUT2D eigenvalue weighted by molar-refractivity contribution is -0.147. The fourth-order valence-electron chi connectivity index (χ4n) is 0.687. The van der Waals surface area contributed by atoms with Crippen molar-refractivity contribution in [2.24, 2.45) is 5.92 Å². The lowest BCUT2D eigenvalue weighted by Crippen LogP contribution is -2.36. The van der Waals surface area contributed by atoms with E-state index in [0.29, 0.717) is 13.2 Å². The van der Waals surface area contributed by atoms with E-state index in [2.05, 4.69) is 5.43 Å². The molecule has 0 saturated carbocycles. The van der Waals surface area contributed by atoms with Crippen LogP contribution in [0.25, 0.3) is 0 Å². The largest absolute Gasteiger partial charge is 0.466 e. The Labute approximate surface area is 73.8 Å². The van der Waals surface area contributed by atoms with Crippen molar-refractivity contribution in [1.29, 1.82) is 0 Å². The molecule has 0 aromatic rings. The van der Waals surface area contributed by atoms with Gasteiger partial charge in [-0.15, -0.1) is 0 Å². The average Bonchev–Trinajstić information content (AvgIpc) is 2.00. The van der Waals surface area contributed by atoms with Gasteiger partial charge in [-0.2, -0.15) is 0 Å². The van der Waals surface area contributed by atoms with E-state index in [1.165, 1.54) is 0 Å². The van der Waals surface area contributed by atoms with Gasteiger partial charge in [-0.3, -0.25) is 15.2 Å². The number of nitrogens with zero attached hydrogens (tertiary/aromatic N) is 1. The molecule has 4 heteroatoms. The number of hydrogen-bond acceptors (Lipinski definition) is 4. The highest BCUT2D eigenvalue weighted by atomic mass is 16.5. The van der Waals surface area contributed by atoms with E-state index in [1.807, 2.05) is 33.0 Å². The van der Waals surface area contributed by atoms with Crippen molar-refractivity contribution in [3.05, 3.63) is 0 Å². The molecular formula is C8H18N2O2. The average molecular weight is 174 g/mol. The number of nitrogens with one attached hydrogen (secondary N) is 1. The van der Waals surface area contributed by atoms with Crippen LogP contribution < -0.4 is 5.43 Å². The third-order valence-electron chi connectivity index (χ3n) is 1.40. The second-order valence-electron chi connectivity index (χ2n) is 2.91. The lowest BCUT2D eigenvalue weighted by Gasteiger charge is -2.15. The molecule has 12 heavy (non-hydrogen) atoms. The first-order valence-corrected chi connectivity index (χ1v) is 4.15. The van der Waals surface area contributed by atoms with Crippen LogP contribution in [0.15, 0.2) is 0 Å². The maximum absolute atomic E-state index is 11.1. The van der Waals surface area contributed by atoms with Gasteiger partial charge in [0.15, 0.2) is 0 Å². The second kappa shape index (κ2) is 5.97. The number of hydrazine groups is 1. The van der Waals surface area contributed by atoms with Crippen LogP contribution in [0, 0.1) is 5.92 Å². The number of hydrogen-bond donors (Lipinski definition) is 1. The van der Waals surface area contributed by atoms with Gasteiger partial charge in [0.05, 0.1) is 12.5 Å². The van der Waals surface area contributed by atoms with E-state index in [-0.39, 0.29) is 11.9 Å². The molecule has 0 bridgehead atoms. The highest BCUT2D eigenvalue weighted by molar-refractivity contribution is 5.72. The molecule has 0 amide bonds. The molecule has 0 heterocycles. The first kappa shape index (κ1) is 11.4. The van der Waals surface area contributed by atoms with Gasteiger partial charge >= 0.3 is 5.97 Å². The SMILES string of the molecule is CCOC(=O)[C@@H](C)CNN(C)C. The Morgan fingerprint density at radius 2 is 2.17 bits per heavy atom. The van der Waals surface area contributed by atoms with Crippen molar-refractivity contribution in [3.8, 4) is 0 Å². The van der Waals surface area contributed by atoms with Crippen LogP contribution >= 0.6 is 0 Å². The smallest absolute Gasteiger partial charge is 0.309 e. The molecule has 0 aromatic carbocycles. The molecule has 0 aliphatic carbocycles. The zero-order valence-corrected chi connectivity index (χ0v) is 8.26. The number of carbonyl (C=O) groups is 1. The van der Waals surface area contributed by atoms with Crippen molar-refractivity contribution in [3.63, 3.8) is 0 Å². The Morgan fingerprint density at radius 3 is 2.58 bits per heavy atom. The van der Waals surface area contributed by atoms with Crippen molar-refractivity contribution >= 4 is 5.97 Å². The Hall–Kier alpha value is -0.610. The molecule has 4 nitrogen and oxygen atoms in total. The van der Waals surface area contributed by atoms with Crippen LogP contribution in [-0.4, -0.2) is 38.2 Å². The molecule has 0 saturated heterocycles. The summed E-state index contributed by atoms with van der Waals surface area (Å²) >= 11 is 0. The predicted molar refractivity (Wildman–Crippen MR) is 47.5 cm³/mol. The van der Waals surface area contributed by atoms with E-state index in [9.17, 15) is 4.79 Å². The minimum absolute atomic E-state index is 0.0904. The molecule has 0 aliphatic heterocycles. The van der Waals surface area contributed by atoms with E-state index in [1.54, 1.807) is 0 Å². The summed E-state index contributed by atoms with van der Waals surface area (Å²) in [6.07, 6.45) is 0. The number of rotatable bonds is 5. The van der Waals surface area contributed by atoms with Gasteiger partial charge in [0.2, 0.25) is 0 Å². The molecule has 0 rings (SSSR count).